The Balaban J connectivity index is 1.57. The second-order valence-electron chi connectivity index (χ2n) is 10.5. The van der Waals surface area contributed by atoms with Crippen molar-refractivity contribution in [2.75, 3.05) is 12.4 Å². The Bertz CT molecular complexity index is 1130. The lowest BCUT2D eigenvalue weighted by Crippen LogP contribution is -2.45. The van der Waals surface area contributed by atoms with Crippen LogP contribution in [0.5, 0.6) is 0 Å². The van der Waals surface area contributed by atoms with Gasteiger partial charge in [0.25, 0.3) is 0 Å². The molecule has 0 radical (unpaired) electrons. The molecule has 176 valence electrons. The van der Waals surface area contributed by atoms with Gasteiger partial charge >= 0.3 is 0 Å². The van der Waals surface area contributed by atoms with Gasteiger partial charge in [-0.15, -0.1) is 10.2 Å². The van der Waals surface area contributed by atoms with Gasteiger partial charge in [0.1, 0.15) is 5.82 Å². The van der Waals surface area contributed by atoms with E-state index < -0.39 is 8.32 Å². The van der Waals surface area contributed by atoms with Crippen molar-refractivity contribution in [2.45, 2.75) is 63.5 Å². The summed E-state index contributed by atoms with van der Waals surface area (Å²) in [5.74, 6) is 2.83. The first-order valence-electron chi connectivity index (χ1n) is 11.4. The van der Waals surface area contributed by atoms with E-state index in [0.29, 0.717) is 5.02 Å². The van der Waals surface area contributed by atoms with Crippen LogP contribution in [0.25, 0.3) is 22.5 Å². The van der Waals surface area contributed by atoms with Gasteiger partial charge in [0.2, 0.25) is 0 Å². The number of nitrogens with zero attached hydrogens (tertiary/aromatic N) is 4. The van der Waals surface area contributed by atoms with E-state index in [4.69, 9.17) is 16.0 Å². The number of thioether (sulfide) groups is 1. The van der Waals surface area contributed by atoms with Gasteiger partial charge in [-0.3, -0.25) is 4.98 Å². The fraction of sp³-hybridized carbons (Fsp3) is 0.480. The molecule has 1 aliphatic rings. The molecule has 0 bridgehead atoms. The van der Waals surface area contributed by atoms with Gasteiger partial charge in [-0.05, 0) is 60.4 Å². The molecule has 5 nitrogen and oxygen atoms in total. The molecule has 1 unspecified atom stereocenters. The zero-order valence-corrected chi connectivity index (χ0v) is 22.9. The molecular weight excluding hydrogens is 468 g/mol. The van der Waals surface area contributed by atoms with E-state index in [9.17, 15) is 0 Å². The minimum atomic E-state index is -1.81. The molecule has 0 aliphatic carbocycles. The summed E-state index contributed by atoms with van der Waals surface area (Å²) in [6, 6.07) is 10.1. The quantitative estimate of drug-likeness (QED) is 0.363. The van der Waals surface area contributed by atoms with E-state index in [1.807, 2.05) is 36.0 Å². The van der Waals surface area contributed by atoms with E-state index in [0.717, 1.165) is 53.7 Å². The predicted octanol–water partition coefficient (Wildman–Crippen LogP) is 6.73. The summed E-state index contributed by atoms with van der Waals surface area (Å²) in [5.41, 5.74) is 3.07. The van der Waals surface area contributed by atoms with E-state index in [1.165, 1.54) is 0 Å². The number of rotatable bonds is 5. The average Bonchev–Trinajstić information content (AvgIpc) is 3.05. The third kappa shape index (κ3) is 5.21. The minimum absolute atomic E-state index is 0.0247. The van der Waals surface area contributed by atoms with Gasteiger partial charge in [0.05, 0.1) is 5.02 Å². The fourth-order valence-corrected chi connectivity index (χ4v) is 6.35. The van der Waals surface area contributed by atoms with Crippen molar-refractivity contribution in [3.63, 3.8) is 0 Å². The highest BCUT2D eigenvalue weighted by Crippen LogP contribution is 2.40. The standard InChI is InChI=1S/C25H33ClN4OSSi/c1-24(2,3)33(5,6)31-17-25(4)16-22-28-29-23(30(22)13-14-32-25)20-8-7-19(15-21(20)26)18-9-11-27-12-10-18/h7-12,15H,13-14,16-17H2,1-6H3. The zero-order valence-electron chi connectivity index (χ0n) is 20.4. The Kier molecular flexibility index (Phi) is 6.80. The smallest absolute Gasteiger partial charge is 0.192 e. The van der Waals surface area contributed by atoms with Crippen molar-refractivity contribution < 1.29 is 4.43 Å². The van der Waals surface area contributed by atoms with Crippen molar-refractivity contribution in [2.24, 2.45) is 0 Å². The minimum Gasteiger partial charge on any atom is -0.415 e. The lowest BCUT2D eigenvalue weighted by molar-refractivity contribution is 0.252. The molecule has 33 heavy (non-hydrogen) atoms. The number of benzene rings is 1. The van der Waals surface area contributed by atoms with Crippen LogP contribution in [0.2, 0.25) is 23.2 Å². The molecule has 1 aliphatic heterocycles. The molecule has 0 spiro atoms. The fourth-order valence-electron chi connectivity index (χ4n) is 3.73. The summed E-state index contributed by atoms with van der Waals surface area (Å²) in [4.78, 5) is 4.10. The number of fused-ring (bicyclic) bond motifs is 1. The van der Waals surface area contributed by atoms with Gasteiger partial charge in [0.15, 0.2) is 14.1 Å². The van der Waals surface area contributed by atoms with E-state index in [2.05, 4.69) is 66.6 Å². The van der Waals surface area contributed by atoms with Gasteiger partial charge < -0.3 is 8.99 Å². The van der Waals surface area contributed by atoms with Crippen molar-refractivity contribution >= 4 is 31.7 Å². The Hall–Kier alpha value is -1.67. The highest BCUT2D eigenvalue weighted by atomic mass is 35.5. The first kappa shape index (κ1) is 24.5. The number of hydrogen-bond donors (Lipinski definition) is 0. The molecule has 8 heteroatoms. The maximum Gasteiger partial charge on any atom is 0.192 e. The van der Waals surface area contributed by atoms with Crippen LogP contribution in [0.1, 0.15) is 33.5 Å². The second kappa shape index (κ2) is 9.17. The summed E-state index contributed by atoms with van der Waals surface area (Å²) in [6.07, 6.45) is 4.41. The lowest BCUT2D eigenvalue weighted by atomic mass is 10.0. The van der Waals surface area contributed by atoms with Crippen molar-refractivity contribution in [1.82, 2.24) is 19.7 Å². The molecule has 3 aromatic rings. The topological polar surface area (TPSA) is 52.8 Å². The average molecular weight is 501 g/mol. The summed E-state index contributed by atoms with van der Waals surface area (Å²) in [5, 5.41) is 10.0. The van der Waals surface area contributed by atoms with Crippen molar-refractivity contribution in [3.8, 4) is 22.5 Å². The Morgan fingerprint density at radius 3 is 2.52 bits per heavy atom. The SMILES string of the molecule is CC1(CO[Si](C)(C)C(C)(C)C)Cc2nnc(-c3ccc(-c4ccncc4)cc3Cl)n2CCS1. The van der Waals surface area contributed by atoms with Crippen LogP contribution < -0.4 is 0 Å². The Morgan fingerprint density at radius 2 is 1.85 bits per heavy atom. The Labute approximate surface area is 207 Å². The van der Waals surface area contributed by atoms with Crippen LogP contribution >= 0.6 is 23.4 Å². The molecule has 3 heterocycles. The molecule has 0 fully saturated rings. The molecule has 0 saturated carbocycles. The van der Waals surface area contributed by atoms with Gasteiger partial charge in [0, 0.05) is 48.0 Å². The normalized spacial score (nSPS) is 19.2. The first-order valence-corrected chi connectivity index (χ1v) is 15.7. The van der Waals surface area contributed by atoms with Crippen LogP contribution in [0.4, 0.5) is 0 Å². The molecule has 0 saturated heterocycles. The van der Waals surface area contributed by atoms with Gasteiger partial charge in [-0.1, -0.05) is 38.4 Å². The largest absolute Gasteiger partial charge is 0.415 e. The zero-order chi connectivity index (χ0) is 23.9. The Morgan fingerprint density at radius 1 is 1.12 bits per heavy atom. The van der Waals surface area contributed by atoms with Gasteiger partial charge in [-0.2, -0.15) is 11.8 Å². The lowest BCUT2D eigenvalue weighted by Gasteiger charge is -2.39. The molecule has 2 aromatic heterocycles. The number of aromatic nitrogens is 4. The van der Waals surface area contributed by atoms with E-state index in [-0.39, 0.29) is 9.79 Å². The second-order valence-corrected chi connectivity index (χ2v) is 17.4. The summed E-state index contributed by atoms with van der Waals surface area (Å²) in [7, 11) is -1.81. The van der Waals surface area contributed by atoms with E-state index >= 15 is 0 Å². The van der Waals surface area contributed by atoms with Crippen LogP contribution in [-0.2, 0) is 17.4 Å². The monoisotopic (exact) mass is 500 g/mol. The van der Waals surface area contributed by atoms with Crippen molar-refractivity contribution in [3.05, 3.63) is 53.6 Å². The summed E-state index contributed by atoms with van der Waals surface area (Å²) < 4.78 is 8.82. The van der Waals surface area contributed by atoms with Gasteiger partial charge in [-0.25, -0.2) is 0 Å². The molecule has 0 N–H and O–H groups in total. The van der Waals surface area contributed by atoms with Crippen LogP contribution in [0.3, 0.4) is 0 Å². The van der Waals surface area contributed by atoms with Crippen LogP contribution in [0.15, 0.2) is 42.7 Å². The third-order valence-corrected chi connectivity index (χ3v) is 13.0. The first-order chi connectivity index (χ1) is 15.5. The van der Waals surface area contributed by atoms with E-state index in [1.54, 1.807) is 12.4 Å². The molecule has 1 atom stereocenters. The highest BCUT2D eigenvalue weighted by Gasteiger charge is 2.40. The molecule has 1 aromatic carbocycles. The van der Waals surface area contributed by atoms with Crippen LogP contribution in [0, 0.1) is 0 Å². The maximum atomic E-state index is 6.74. The molecule has 0 amide bonds. The molecule has 4 rings (SSSR count). The summed E-state index contributed by atoms with van der Waals surface area (Å²) in [6.45, 7) is 15.4. The highest BCUT2D eigenvalue weighted by molar-refractivity contribution is 8.00. The maximum absolute atomic E-state index is 6.74. The number of halogens is 1. The summed E-state index contributed by atoms with van der Waals surface area (Å²) >= 11 is 8.71. The number of pyridine rings is 1. The molecular formula is C25H33ClN4OSSi. The predicted molar refractivity (Wildman–Crippen MR) is 141 cm³/mol. The number of hydrogen-bond acceptors (Lipinski definition) is 5. The third-order valence-electron chi connectivity index (χ3n) is 6.89. The van der Waals surface area contributed by atoms with Crippen LogP contribution in [-0.4, -0.2) is 45.2 Å². The van der Waals surface area contributed by atoms with Crippen molar-refractivity contribution in [1.29, 1.82) is 0 Å².